The lowest BCUT2D eigenvalue weighted by Gasteiger charge is -2.08. The van der Waals surface area contributed by atoms with Gasteiger partial charge in [0.25, 0.3) is 0 Å². The topological polar surface area (TPSA) is 58.7 Å². The first-order chi connectivity index (χ1) is 8.11. The van der Waals surface area contributed by atoms with Gasteiger partial charge in [-0.3, -0.25) is 4.79 Å². The van der Waals surface area contributed by atoms with Gasteiger partial charge in [0.2, 0.25) is 11.1 Å². The van der Waals surface area contributed by atoms with Crippen LogP contribution in [0.1, 0.15) is 11.4 Å². The Bertz CT molecular complexity index is 670. The standard InChI is InChI=1S/C12H8FN3O/c1-8-5-12(17)11(7-14)15-16(8)10-4-2-3-9(13)6-10/h2-6H,1H3. The third-order valence-electron chi connectivity index (χ3n) is 2.27. The summed E-state index contributed by atoms with van der Waals surface area (Å²) in [5.74, 6) is -0.402. The van der Waals surface area contributed by atoms with Crippen molar-refractivity contribution in [1.82, 2.24) is 9.78 Å². The van der Waals surface area contributed by atoms with E-state index in [9.17, 15) is 9.18 Å². The molecular formula is C12H8FN3O. The maximum absolute atomic E-state index is 13.1. The lowest BCUT2D eigenvalue weighted by Crippen LogP contribution is -2.16. The number of aryl methyl sites for hydroxylation is 1. The van der Waals surface area contributed by atoms with E-state index in [4.69, 9.17) is 5.26 Å². The zero-order chi connectivity index (χ0) is 12.4. The van der Waals surface area contributed by atoms with Gasteiger partial charge >= 0.3 is 0 Å². The van der Waals surface area contributed by atoms with Crippen LogP contribution in [0.4, 0.5) is 4.39 Å². The Morgan fingerprint density at radius 2 is 2.18 bits per heavy atom. The number of hydrogen-bond donors (Lipinski definition) is 0. The van der Waals surface area contributed by atoms with Gasteiger partial charge in [0.1, 0.15) is 11.9 Å². The molecule has 0 spiro atoms. The number of nitriles is 1. The van der Waals surface area contributed by atoms with Gasteiger partial charge in [0.15, 0.2) is 0 Å². The van der Waals surface area contributed by atoms with Crippen molar-refractivity contribution < 1.29 is 4.39 Å². The van der Waals surface area contributed by atoms with E-state index in [0.717, 1.165) is 0 Å². The van der Waals surface area contributed by atoms with Gasteiger partial charge in [-0.15, -0.1) is 0 Å². The lowest BCUT2D eigenvalue weighted by atomic mass is 10.3. The van der Waals surface area contributed by atoms with E-state index in [1.165, 1.54) is 28.9 Å². The Kier molecular flexibility index (Phi) is 2.71. The number of hydrogen-bond acceptors (Lipinski definition) is 3. The molecule has 0 bridgehead atoms. The Morgan fingerprint density at radius 3 is 2.82 bits per heavy atom. The van der Waals surface area contributed by atoms with Crippen LogP contribution in [0.2, 0.25) is 0 Å². The van der Waals surface area contributed by atoms with Gasteiger partial charge in [-0.05, 0) is 25.1 Å². The maximum atomic E-state index is 13.1. The minimum Gasteiger partial charge on any atom is -0.287 e. The molecular weight excluding hydrogens is 221 g/mol. The van der Waals surface area contributed by atoms with Crippen molar-refractivity contribution in [2.24, 2.45) is 0 Å². The molecule has 0 saturated carbocycles. The van der Waals surface area contributed by atoms with E-state index in [2.05, 4.69) is 5.10 Å². The first-order valence-electron chi connectivity index (χ1n) is 4.89. The molecule has 84 valence electrons. The molecule has 0 radical (unpaired) electrons. The minimum atomic E-state index is -0.433. The molecule has 2 rings (SSSR count). The highest BCUT2D eigenvalue weighted by Gasteiger charge is 2.07. The SMILES string of the molecule is Cc1cc(=O)c(C#N)nn1-c1cccc(F)c1. The summed E-state index contributed by atoms with van der Waals surface area (Å²) in [6.07, 6.45) is 0. The van der Waals surface area contributed by atoms with Crippen LogP contribution in [-0.4, -0.2) is 9.78 Å². The van der Waals surface area contributed by atoms with Crippen molar-refractivity contribution in [3.63, 3.8) is 0 Å². The Labute approximate surface area is 96.6 Å². The highest BCUT2D eigenvalue weighted by atomic mass is 19.1. The van der Waals surface area contributed by atoms with Gasteiger partial charge in [-0.1, -0.05) is 6.07 Å². The van der Waals surface area contributed by atoms with Crippen LogP contribution in [0.15, 0.2) is 35.1 Å². The largest absolute Gasteiger partial charge is 0.287 e. The van der Waals surface area contributed by atoms with Crippen molar-refractivity contribution in [3.8, 4) is 11.8 Å². The normalized spacial score (nSPS) is 9.94. The van der Waals surface area contributed by atoms with Crippen LogP contribution in [0.3, 0.4) is 0 Å². The van der Waals surface area contributed by atoms with Gasteiger partial charge in [-0.2, -0.15) is 10.4 Å². The van der Waals surface area contributed by atoms with Gasteiger partial charge in [0, 0.05) is 11.8 Å². The van der Waals surface area contributed by atoms with Crippen molar-refractivity contribution in [2.75, 3.05) is 0 Å². The van der Waals surface area contributed by atoms with Crippen LogP contribution in [0.5, 0.6) is 0 Å². The summed E-state index contributed by atoms with van der Waals surface area (Å²) in [4.78, 5) is 11.3. The zero-order valence-electron chi connectivity index (χ0n) is 9.01. The number of rotatable bonds is 1. The molecule has 0 saturated heterocycles. The average molecular weight is 229 g/mol. The molecule has 0 atom stereocenters. The molecule has 2 aromatic rings. The fourth-order valence-corrected chi connectivity index (χ4v) is 1.49. The maximum Gasteiger partial charge on any atom is 0.218 e. The summed E-state index contributed by atoms with van der Waals surface area (Å²) in [6.45, 7) is 1.67. The predicted molar refractivity (Wildman–Crippen MR) is 59.2 cm³/mol. The second-order valence-corrected chi connectivity index (χ2v) is 3.50. The number of nitrogens with zero attached hydrogens (tertiary/aromatic N) is 3. The highest BCUT2D eigenvalue weighted by Crippen LogP contribution is 2.10. The molecule has 0 aliphatic heterocycles. The van der Waals surface area contributed by atoms with Crippen molar-refractivity contribution in [2.45, 2.75) is 6.92 Å². The van der Waals surface area contributed by atoms with Crippen LogP contribution in [0, 0.1) is 24.1 Å². The molecule has 0 aliphatic rings. The smallest absolute Gasteiger partial charge is 0.218 e. The lowest BCUT2D eigenvalue weighted by molar-refractivity contribution is 0.624. The molecule has 0 amide bonds. The Morgan fingerprint density at radius 1 is 1.41 bits per heavy atom. The van der Waals surface area contributed by atoms with Crippen molar-refractivity contribution in [1.29, 1.82) is 5.26 Å². The molecule has 0 fully saturated rings. The molecule has 1 aromatic heterocycles. The molecule has 0 unspecified atom stereocenters. The van der Waals surface area contributed by atoms with E-state index in [1.54, 1.807) is 19.1 Å². The fourth-order valence-electron chi connectivity index (χ4n) is 1.49. The second kappa shape index (κ2) is 4.18. The fraction of sp³-hybridized carbons (Fsp3) is 0.0833. The van der Waals surface area contributed by atoms with E-state index in [-0.39, 0.29) is 5.69 Å². The van der Waals surface area contributed by atoms with Crippen LogP contribution < -0.4 is 5.43 Å². The Balaban J connectivity index is 2.68. The first-order valence-corrected chi connectivity index (χ1v) is 4.89. The minimum absolute atomic E-state index is 0.208. The van der Waals surface area contributed by atoms with Crippen LogP contribution in [0.25, 0.3) is 5.69 Å². The zero-order valence-corrected chi connectivity index (χ0v) is 9.01. The second-order valence-electron chi connectivity index (χ2n) is 3.50. The van der Waals surface area contributed by atoms with Gasteiger partial charge in [-0.25, -0.2) is 9.07 Å². The van der Waals surface area contributed by atoms with Crippen LogP contribution in [-0.2, 0) is 0 Å². The summed E-state index contributed by atoms with van der Waals surface area (Å²) in [6, 6.07) is 8.79. The Hall–Kier alpha value is -2.48. The molecule has 0 N–H and O–H groups in total. The molecule has 0 aliphatic carbocycles. The average Bonchev–Trinajstić information content (AvgIpc) is 2.29. The molecule has 4 nitrogen and oxygen atoms in total. The van der Waals surface area contributed by atoms with E-state index >= 15 is 0 Å². The molecule has 1 heterocycles. The van der Waals surface area contributed by atoms with Crippen molar-refractivity contribution >= 4 is 0 Å². The van der Waals surface area contributed by atoms with Gasteiger partial charge < -0.3 is 0 Å². The van der Waals surface area contributed by atoms with Crippen LogP contribution >= 0.6 is 0 Å². The summed E-state index contributed by atoms with van der Waals surface area (Å²) in [5.41, 5.74) is 0.371. The molecule has 1 aromatic carbocycles. The third kappa shape index (κ3) is 2.06. The van der Waals surface area contributed by atoms with Gasteiger partial charge in [0.05, 0.1) is 5.69 Å². The summed E-state index contributed by atoms with van der Waals surface area (Å²) >= 11 is 0. The summed E-state index contributed by atoms with van der Waals surface area (Å²) < 4.78 is 14.4. The number of aromatic nitrogens is 2. The van der Waals surface area contributed by atoms with E-state index in [1.807, 2.05) is 0 Å². The third-order valence-corrected chi connectivity index (χ3v) is 2.27. The van der Waals surface area contributed by atoms with E-state index < -0.39 is 11.2 Å². The highest BCUT2D eigenvalue weighted by molar-refractivity contribution is 5.34. The molecule has 5 heteroatoms. The van der Waals surface area contributed by atoms with E-state index in [0.29, 0.717) is 11.4 Å². The summed E-state index contributed by atoms with van der Waals surface area (Å²) in [7, 11) is 0. The summed E-state index contributed by atoms with van der Waals surface area (Å²) in [5, 5.41) is 12.6. The monoisotopic (exact) mass is 229 g/mol. The first kappa shape index (κ1) is 11.0. The number of benzene rings is 1. The van der Waals surface area contributed by atoms with Crippen molar-refractivity contribution in [3.05, 3.63) is 57.8 Å². The molecule has 17 heavy (non-hydrogen) atoms. The predicted octanol–water partition coefficient (Wildman–Crippen LogP) is 1.55. The quantitative estimate of drug-likeness (QED) is 0.745. The number of halogens is 1.